The van der Waals surface area contributed by atoms with Gasteiger partial charge in [-0.25, -0.2) is 0 Å². The molecule has 0 aliphatic heterocycles. The highest BCUT2D eigenvalue weighted by Gasteiger charge is 2.22. The molecule has 5 nitrogen and oxygen atoms in total. The van der Waals surface area contributed by atoms with Crippen molar-refractivity contribution in [3.63, 3.8) is 0 Å². The maximum absolute atomic E-state index is 12.5. The largest absolute Gasteiger partial charge is 0.394 e. The number of hydrogen-bond acceptors (Lipinski definition) is 4. The Morgan fingerprint density at radius 3 is 1.17 bits per heavy atom. The molecular weight excluding hydrogens is 643 g/mol. The van der Waals surface area contributed by atoms with E-state index in [9.17, 15) is 20.1 Å². The molecule has 0 rings (SSSR count). The van der Waals surface area contributed by atoms with Crippen molar-refractivity contribution in [3.05, 3.63) is 48.6 Å². The molecule has 0 saturated carbocycles. The van der Waals surface area contributed by atoms with Gasteiger partial charge in [0, 0.05) is 0 Å². The molecule has 1 amide bonds. The Bertz CT molecular complexity index is 850. The van der Waals surface area contributed by atoms with Gasteiger partial charge in [0.1, 0.15) is 6.10 Å². The van der Waals surface area contributed by atoms with Crippen LogP contribution >= 0.6 is 0 Å². The summed E-state index contributed by atoms with van der Waals surface area (Å²) in [5.74, 6) is -0.522. The van der Waals surface area contributed by atoms with E-state index in [2.05, 4.69) is 55.6 Å². The smallest absolute Gasteiger partial charge is 0.249 e. The lowest BCUT2D eigenvalue weighted by Gasteiger charge is -2.21. The van der Waals surface area contributed by atoms with Gasteiger partial charge in [-0.05, 0) is 70.6 Å². The number of aliphatic hydroxyl groups is 3. The molecule has 0 bridgehead atoms. The molecule has 0 heterocycles. The summed E-state index contributed by atoms with van der Waals surface area (Å²) in [6.07, 6.45) is 54.3. The molecule has 3 unspecified atom stereocenters. The van der Waals surface area contributed by atoms with E-state index in [4.69, 9.17) is 0 Å². The highest BCUT2D eigenvalue weighted by atomic mass is 16.3. The number of aliphatic hydroxyl groups excluding tert-OH is 3. The van der Waals surface area contributed by atoms with Gasteiger partial charge in [0.05, 0.1) is 18.8 Å². The van der Waals surface area contributed by atoms with E-state index in [0.717, 1.165) is 51.4 Å². The molecule has 0 saturated heterocycles. The van der Waals surface area contributed by atoms with Crippen LogP contribution in [-0.4, -0.2) is 46.1 Å². The first-order valence-electron chi connectivity index (χ1n) is 22.5. The maximum Gasteiger partial charge on any atom is 0.249 e. The molecule has 0 aliphatic rings. The van der Waals surface area contributed by atoms with Gasteiger partial charge in [-0.3, -0.25) is 4.79 Å². The molecule has 0 aliphatic carbocycles. The van der Waals surface area contributed by atoms with Crippen molar-refractivity contribution in [1.82, 2.24) is 5.32 Å². The summed E-state index contributed by atoms with van der Waals surface area (Å²) in [6, 6.07) is -0.824. The fraction of sp³-hybridized carbons (Fsp3) is 0.809. The number of rotatable bonds is 40. The van der Waals surface area contributed by atoms with Gasteiger partial charge >= 0.3 is 0 Å². The number of carbonyl (C=O) groups excluding carboxylic acids is 1. The zero-order valence-electron chi connectivity index (χ0n) is 34.4. The lowest BCUT2D eigenvalue weighted by atomic mass is 10.0. The maximum atomic E-state index is 12.5. The molecule has 0 fully saturated rings. The monoisotopic (exact) mass is 730 g/mol. The predicted molar refractivity (Wildman–Crippen MR) is 227 cm³/mol. The topological polar surface area (TPSA) is 89.8 Å². The minimum absolute atomic E-state index is 0.384. The van der Waals surface area contributed by atoms with Crippen LogP contribution in [0, 0.1) is 0 Å². The second-order valence-corrected chi connectivity index (χ2v) is 15.2. The lowest BCUT2D eigenvalue weighted by Crippen LogP contribution is -2.48. The summed E-state index contributed by atoms with van der Waals surface area (Å²) in [6.45, 7) is 4.16. The summed E-state index contributed by atoms with van der Waals surface area (Å²) in [5.41, 5.74) is 0. The highest BCUT2D eigenvalue weighted by molar-refractivity contribution is 5.80. The zero-order chi connectivity index (χ0) is 38.0. The number of allylic oxidation sites excluding steroid dienone is 7. The SMILES string of the molecule is CCCCCCCCCC/C=C/CC/C=C/CC/C=C/C(O)C(CO)NC(=O)C(O)CCCCCCCC/C=C\CCCCCCCCCCCC. The van der Waals surface area contributed by atoms with Crippen LogP contribution < -0.4 is 5.32 Å². The average molecular weight is 730 g/mol. The Kier molecular flexibility index (Phi) is 40.7. The molecule has 0 aromatic rings. The minimum atomic E-state index is -1.11. The first-order valence-corrected chi connectivity index (χ1v) is 22.5. The van der Waals surface area contributed by atoms with Gasteiger partial charge in [-0.15, -0.1) is 0 Å². The van der Waals surface area contributed by atoms with E-state index in [1.165, 1.54) is 148 Å². The van der Waals surface area contributed by atoms with Gasteiger partial charge in [-0.2, -0.15) is 0 Å². The first kappa shape index (κ1) is 50.3. The Morgan fingerprint density at radius 2 is 0.788 bits per heavy atom. The quantitative estimate of drug-likeness (QED) is 0.0373. The summed E-state index contributed by atoms with van der Waals surface area (Å²) in [7, 11) is 0. The fourth-order valence-electron chi connectivity index (χ4n) is 6.56. The van der Waals surface area contributed by atoms with Crippen LogP contribution in [0.5, 0.6) is 0 Å². The van der Waals surface area contributed by atoms with Crippen LogP contribution in [0.15, 0.2) is 48.6 Å². The van der Waals surface area contributed by atoms with Crippen molar-refractivity contribution in [2.45, 2.75) is 238 Å². The molecule has 3 atom stereocenters. The standard InChI is InChI=1S/C47H87NO4/c1-3-5-7-9-11-13-15-17-19-21-23-24-26-28-30-32-34-36-38-40-42-46(51)47(52)48-44(43-49)45(50)41-39-37-35-33-31-29-27-25-22-20-18-16-14-12-10-8-6-4-2/h22,24-26,31,33,39,41,44-46,49-51H,3-21,23,27-30,32,34-38,40,42-43H2,1-2H3,(H,48,52)/b25-22+,26-24-,33-31+,41-39+. The third-order valence-electron chi connectivity index (χ3n) is 10.1. The number of carbonyl (C=O) groups is 1. The van der Waals surface area contributed by atoms with Gasteiger partial charge in [0.2, 0.25) is 5.91 Å². The number of amides is 1. The van der Waals surface area contributed by atoms with Crippen LogP contribution in [-0.2, 0) is 4.79 Å². The number of unbranched alkanes of at least 4 members (excludes halogenated alkanes) is 26. The van der Waals surface area contributed by atoms with E-state index in [0.29, 0.717) is 6.42 Å². The average Bonchev–Trinajstić information content (AvgIpc) is 3.15. The van der Waals surface area contributed by atoms with Gasteiger partial charge in [0.15, 0.2) is 0 Å². The van der Waals surface area contributed by atoms with Crippen LogP contribution in [0.2, 0.25) is 0 Å². The van der Waals surface area contributed by atoms with Crippen molar-refractivity contribution in [3.8, 4) is 0 Å². The van der Waals surface area contributed by atoms with Gasteiger partial charge in [-0.1, -0.05) is 197 Å². The highest BCUT2D eigenvalue weighted by Crippen LogP contribution is 2.14. The molecule has 4 N–H and O–H groups in total. The molecule has 0 aromatic carbocycles. The summed E-state index contributed by atoms with van der Waals surface area (Å²) < 4.78 is 0. The Balaban J connectivity index is 3.75. The molecule has 304 valence electrons. The number of hydrogen-bond donors (Lipinski definition) is 4. The van der Waals surface area contributed by atoms with Crippen molar-refractivity contribution in [2.24, 2.45) is 0 Å². The van der Waals surface area contributed by atoms with Gasteiger partial charge in [0.25, 0.3) is 0 Å². The summed E-state index contributed by atoms with van der Waals surface area (Å²) >= 11 is 0. The van der Waals surface area contributed by atoms with E-state index in [1.807, 2.05) is 6.08 Å². The first-order chi connectivity index (χ1) is 25.6. The second-order valence-electron chi connectivity index (χ2n) is 15.2. The van der Waals surface area contributed by atoms with E-state index >= 15 is 0 Å². The Labute approximate surface area is 323 Å². The normalized spacial score (nSPS) is 14.0. The zero-order valence-corrected chi connectivity index (χ0v) is 34.4. The van der Waals surface area contributed by atoms with E-state index in [-0.39, 0.29) is 6.61 Å². The Morgan fingerprint density at radius 1 is 0.462 bits per heavy atom. The molecule has 0 aromatic heterocycles. The van der Waals surface area contributed by atoms with Crippen molar-refractivity contribution in [2.75, 3.05) is 6.61 Å². The molecule has 5 heteroatoms. The van der Waals surface area contributed by atoms with E-state index < -0.39 is 24.2 Å². The summed E-state index contributed by atoms with van der Waals surface area (Å²) in [4.78, 5) is 12.5. The molecule has 0 spiro atoms. The molecule has 52 heavy (non-hydrogen) atoms. The molecule has 0 radical (unpaired) electrons. The van der Waals surface area contributed by atoms with Crippen LogP contribution in [0.1, 0.15) is 219 Å². The van der Waals surface area contributed by atoms with Crippen LogP contribution in [0.4, 0.5) is 0 Å². The van der Waals surface area contributed by atoms with Crippen molar-refractivity contribution in [1.29, 1.82) is 0 Å². The predicted octanol–water partition coefficient (Wildman–Crippen LogP) is 12.9. The molecular formula is C47H87NO4. The van der Waals surface area contributed by atoms with Gasteiger partial charge < -0.3 is 20.6 Å². The third-order valence-corrected chi connectivity index (χ3v) is 10.1. The Hall–Kier alpha value is -1.69. The number of nitrogens with one attached hydrogen (secondary N) is 1. The fourth-order valence-corrected chi connectivity index (χ4v) is 6.56. The summed E-state index contributed by atoms with van der Waals surface area (Å²) in [5, 5.41) is 33.1. The lowest BCUT2D eigenvalue weighted by molar-refractivity contribution is -0.131. The minimum Gasteiger partial charge on any atom is -0.394 e. The second kappa shape index (κ2) is 42.1. The van der Waals surface area contributed by atoms with Crippen molar-refractivity contribution >= 4 is 5.91 Å². The van der Waals surface area contributed by atoms with Crippen molar-refractivity contribution < 1.29 is 20.1 Å². The van der Waals surface area contributed by atoms with Crippen LogP contribution in [0.3, 0.4) is 0 Å². The van der Waals surface area contributed by atoms with Crippen LogP contribution in [0.25, 0.3) is 0 Å². The van der Waals surface area contributed by atoms with E-state index in [1.54, 1.807) is 6.08 Å². The third kappa shape index (κ3) is 36.7.